The van der Waals surface area contributed by atoms with Crippen molar-refractivity contribution >= 4 is 40.5 Å². The highest BCUT2D eigenvalue weighted by Crippen LogP contribution is 2.32. The van der Waals surface area contributed by atoms with Gasteiger partial charge in [0.2, 0.25) is 5.15 Å². The lowest BCUT2D eigenvalue weighted by Crippen LogP contribution is -1.97. The van der Waals surface area contributed by atoms with Crippen LogP contribution in [-0.4, -0.2) is 14.7 Å². The van der Waals surface area contributed by atoms with E-state index in [9.17, 15) is 10.1 Å². The average Bonchev–Trinajstić information content (AvgIpc) is 2.58. The van der Waals surface area contributed by atoms with Gasteiger partial charge in [0.1, 0.15) is 5.69 Å². The lowest BCUT2D eigenvalue weighted by molar-refractivity contribution is -0.385. The third kappa shape index (κ3) is 2.16. The van der Waals surface area contributed by atoms with E-state index in [1.165, 1.54) is 17.7 Å². The number of benzene rings is 1. The molecule has 8 heteroatoms. The Morgan fingerprint density at radius 3 is 2.44 bits per heavy atom. The number of halogens is 3. The second-order valence-corrected chi connectivity index (χ2v) is 4.66. The molecule has 0 saturated heterocycles. The summed E-state index contributed by atoms with van der Waals surface area (Å²) in [5.41, 5.74) is 0.518. The lowest BCUT2D eigenvalue weighted by Gasteiger charge is -2.03. The maximum Gasteiger partial charge on any atom is 0.329 e. The van der Waals surface area contributed by atoms with Gasteiger partial charge in [0.15, 0.2) is 0 Å². The van der Waals surface area contributed by atoms with Gasteiger partial charge >= 0.3 is 5.69 Å². The Labute approximate surface area is 117 Å². The van der Waals surface area contributed by atoms with Gasteiger partial charge in [0.05, 0.1) is 20.7 Å². The van der Waals surface area contributed by atoms with Crippen LogP contribution in [0.3, 0.4) is 0 Å². The number of hydrogen-bond donors (Lipinski definition) is 0. The minimum Gasteiger partial charge on any atom is -0.258 e. The van der Waals surface area contributed by atoms with E-state index in [0.717, 1.165) is 0 Å². The van der Waals surface area contributed by atoms with E-state index >= 15 is 0 Å². The van der Waals surface area contributed by atoms with Crippen LogP contribution in [-0.2, 0) is 0 Å². The van der Waals surface area contributed by atoms with Gasteiger partial charge in [-0.15, -0.1) is 0 Å². The van der Waals surface area contributed by atoms with E-state index in [2.05, 4.69) is 5.10 Å². The molecule has 1 aromatic carbocycles. The fourth-order valence-corrected chi connectivity index (χ4v) is 2.12. The molecule has 5 nitrogen and oxygen atoms in total. The van der Waals surface area contributed by atoms with E-state index in [1.54, 1.807) is 12.1 Å². The number of aryl methyl sites for hydroxylation is 1. The molecule has 0 spiro atoms. The van der Waals surface area contributed by atoms with Crippen LogP contribution in [0.15, 0.2) is 18.2 Å². The van der Waals surface area contributed by atoms with Crippen molar-refractivity contribution in [3.05, 3.63) is 49.2 Å². The summed E-state index contributed by atoms with van der Waals surface area (Å²) in [4.78, 5) is 10.3. The van der Waals surface area contributed by atoms with Crippen LogP contribution in [0.2, 0.25) is 15.2 Å². The molecule has 0 aliphatic carbocycles. The summed E-state index contributed by atoms with van der Waals surface area (Å²) in [5.74, 6) is 0. The molecule has 0 radical (unpaired) electrons. The largest absolute Gasteiger partial charge is 0.329 e. The Hall–Kier alpha value is -1.30. The average molecular weight is 307 g/mol. The number of rotatable bonds is 2. The van der Waals surface area contributed by atoms with Crippen LogP contribution in [0.5, 0.6) is 0 Å². The van der Waals surface area contributed by atoms with Crippen LogP contribution >= 0.6 is 34.8 Å². The molecular formula is C10H6Cl3N3O2. The van der Waals surface area contributed by atoms with Gasteiger partial charge in [-0.2, -0.15) is 5.10 Å². The summed E-state index contributed by atoms with van der Waals surface area (Å²) >= 11 is 17.6. The normalized spacial score (nSPS) is 10.7. The first kappa shape index (κ1) is 13.1. The molecule has 1 aromatic heterocycles. The van der Waals surface area contributed by atoms with E-state index < -0.39 is 4.92 Å². The molecule has 0 N–H and O–H groups in total. The Morgan fingerprint density at radius 2 is 1.94 bits per heavy atom. The van der Waals surface area contributed by atoms with E-state index in [-0.39, 0.29) is 16.5 Å². The molecule has 0 aliphatic heterocycles. The molecule has 1 heterocycles. The van der Waals surface area contributed by atoms with Crippen LogP contribution in [0.4, 0.5) is 5.69 Å². The zero-order valence-electron chi connectivity index (χ0n) is 9.02. The first-order chi connectivity index (χ1) is 8.41. The summed E-state index contributed by atoms with van der Waals surface area (Å²) in [6.45, 7) is 1.51. The molecule has 2 rings (SSSR count). The number of nitrogens with zero attached hydrogens (tertiary/aromatic N) is 3. The summed E-state index contributed by atoms with van der Waals surface area (Å²) < 4.78 is 1.25. The fourth-order valence-electron chi connectivity index (χ4n) is 1.49. The van der Waals surface area contributed by atoms with Crippen molar-refractivity contribution in [3.8, 4) is 5.69 Å². The SMILES string of the molecule is Cc1nn(-c2ccc(Cl)c(Cl)c2)c(Cl)c1[N+](=O)[O-]. The molecule has 0 amide bonds. The molecule has 0 fully saturated rings. The molecule has 18 heavy (non-hydrogen) atoms. The van der Waals surface area contributed by atoms with Crippen LogP contribution < -0.4 is 0 Å². The van der Waals surface area contributed by atoms with Crippen molar-refractivity contribution in [2.75, 3.05) is 0 Å². The maximum absolute atomic E-state index is 10.8. The molecule has 0 unspecified atom stereocenters. The first-order valence-corrected chi connectivity index (χ1v) is 5.90. The summed E-state index contributed by atoms with van der Waals surface area (Å²) in [6, 6.07) is 4.72. The van der Waals surface area contributed by atoms with Crippen LogP contribution in [0, 0.1) is 17.0 Å². The summed E-state index contributed by atoms with van der Waals surface area (Å²) in [5, 5.41) is 15.5. The highest BCUT2D eigenvalue weighted by molar-refractivity contribution is 6.42. The topological polar surface area (TPSA) is 61.0 Å². The molecule has 0 atom stereocenters. The van der Waals surface area contributed by atoms with Crippen molar-refractivity contribution in [2.45, 2.75) is 6.92 Å². The third-order valence-corrected chi connectivity index (χ3v) is 3.38. The van der Waals surface area contributed by atoms with E-state index in [1.807, 2.05) is 0 Å². The van der Waals surface area contributed by atoms with Gasteiger partial charge in [0, 0.05) is 0 Å². The monoisotopic (exact) mass is 305 g/mol. The first-order valence-electron chi connectivity index (χ1n) is 4.76. The molecule has 2 aromatic rings. The van der Waals surface area contributed by atoms with Gasteiger partial charge in [-0.3, -0.25) is 10.1 Å². The Bertz CT molecular complexity index is 640. The summed E-state index contributed by atoms with van der Waals surface area (Å²) in [7, 11) is 0. The Kier molecular flexibility index (Phi) is 3.47. The van der Waals surface area contributed by atoms with Crippen molar-refractivity contribution in [1.82, 2.24) is 9.78 Å². The second kappa shape index (κ2) is 4.76. The van der Waals surface area contributed by atoms with E-state index in [0.29, 0.717) is 15.7 Å². The highest BCUT2D eigenvalue weighted by atomic mass is 35.5. The van der Waals surface area contributed by atoms with Gasteiger partial charge in [0.25, 0.3) is 0 Å². The lowest BCUT2D eigenvalue weighted by atomic mass is 10.3. The van der Waals surface area contributed by atoms with Crippen LogP contribution in [0.1, 0.15) is 5.69 Å². The van der Waals surface area contributed by atoms with Gasteiger partial charge < -0.3 is 0 Å². The number of nitro groups is 1. The maximum atomic E-state index is 10.8. The molecule has 0 bridgehead atoms. The highest BCUT2D eigenvalue weighted by Gasteiger charge is 2.24. The minimum absolute atomic E-state index is 0.0733. The predicted octanol–water partition coefficient (Wildman–Crippen LogP) is 4.05. The van der Waals surface area contributed by atoms with Gasteiger partial charge in [-0.25, -0.2) is 4.68 Å². The zero-order valence-corrected chi connectivity index (χ0v) is 11.3. The van der Waals surface area contributed by atoms with Crippen molar-refractivity contribution in [3.63, 3.8) is 0 Å². The standard InChI is InChI=1S/C10H6Cl3N3O2/c1-5-9(16(17)18)10(13)15(14-5)6-2-3-7(11)8(12)4-6/h2-4H,1H3. The minimum atomic E-state index is -0.571. The smallest absolute Gasteiger partial charge is 0.258 e. The van der Waals surface area contributed by atoms with Crippen molar-refractivity contribution in [1.29, 1.82) is 0 Å². The molecule has 94 valence electrons. The quantitative estimate of drug-likeness (QED) is 0.621. The summed E-state index contributed by atoms with van der Waals surface area (Å²) in [6.07, 6.45) is 0. The predicted molar refractivity (Wildman–Crippen MR) is 70.0 cm³/mol. The van der Waals surface area contributed by atoms with Gasteiger partial charge in [-0.1, -0.05) is 34.8 Å². The molecule has 0 aliphatic rings. The number of aromatic nitrogens is 2. The Balaban J connectivity index is 2.61. The second-order valence-electron chi connectivity index (χ2n) is 3.49. The molecule has 0 saturated carbocycles. The van der Waals surface area contributed by atoms with Crippen LogP contribution in [0.25, 0.3) is 5.69 Å². The van der Waals surface area contributed by atoms with Gasteiger partial charge in [-0.05, 0) is 25.1 Å². The third-order valence-electron chi connectivity index (χ3n) is 2.30. The fraction of sp³-hybridized carbons (Fsp3) is 0.100. The number of hydrogen-bond acceptors (Lipinski definition) is 3. The van der Waals surface area contributed by atoms with Crippen molar-refractivity contribution in [2.24, 2.45) is 0 Å². The molecular weight excluding hydrogens is 300 g/mol. The zero-order chi connectivity index (χ0) is 13.4. The Morgan fingerprint density at radius 1 is 1.28 bits per heavy atom. The van der Waals surface area contributed by atoms with Crippen molar-refractivity contribution < 1.29 is 4.92 Å². The van der Waals surface area contributed by atoms with E-state index in [4.69, 9.17) is 34.8 Å².